The minimum atomic E-state index is -1.03. The molecule has 0 amide bonds. The van der Waals surface area contributed by atoms with Crippen molar-refractivity contribution in [1.29, 1.82) is 0 Å². The Balaban J connectivity index is 3.13. The molecule has 1 N–H and O–H groups in total. The van der Waals surface area contributed by atoms with E-state index in [-0.39, 0.29) is 5.69 Å². The van der Waals surface area contributed by atoms with Crippen LogP contribution in [0.1, 0.15) is 23.0 Å². The van der Waals surface area contributed by atoms with Crippen molar-refractivity contribution in [1.82, 2.24) is 4.98 Å². The summed E-state index contributed by atoms with van der Waals surface area (Å²) in [5.41, 5.74) is 0.848. The van der Waals surface area contributed by atoms with E-state index in [0.717, 1.165) is 5.56 Å². The van der Waals surface area contributed by atoms with E-state index in [0.29, 0.717) is 11.4 Å². The molecule has 0 radical (unpaired) electrons. The Labute approximate surface area is 75.0 Å². The molecule has 0 unspecified atom stereocenters. The predicted molar refractivity (Wildman–Crippen MR) is 45.6 cm³/mol. The van der Waals surface area contributed by atoms with Crippen molar-refractivity contribution in [2.75, 3.05) is 0 Å². The zero-order chi connectivity index (χ0) is 9.14. The number of aromatic carboxylic acids is 1. The molecule has 0 aliphatic heterocycles. The Morgan fingerprint density at radius 2 is 2.42 bits per heavy atom. The maximum Gasteiger partial charge on any atom is 0.354 e. The van der Waals surface area contributed by atoms with Crippen molar-refractivity contribution in [3.8, 4) is 0 Å². The highest BCUT2D eigenvalue weighted by molar-refractivity contribution is 6.31. The molecule has 0 spiro atoms. The lowest BCUT2D eigenvalue weighted by molar-refractivity contribution is 0.0690. The number of pyridine rings is 1. The molecule has 4 heteroatoms. The van der Waals surface area contributed by atoms with Gasteiger partial charge in [-0.3, -0.25) is 0 Å². The Bertz CT molecular complexity index is 312. The number of hydrogen-bond acceptors (Lipinski definition) is 2. The molecule has 1 rings (SSSR count). The summed E-state index contributed by atoms with van der Waals surface area (Å²) in [7, 11) is 0. The fourth-order valence-corrected chi connectivity index (χ4v) is 1.11. The standard InChI is InChI=1S/C8H8ClNO2/c1-2-5-3-7(8(11)12)10-4-6(5)9/h3-4H,2H2,1H3,(H,11,12). The van der Waals surface area contributed by atoms with Gasteiger partial charge in [0.25, 0.3) is 0 Å². The first-order valence-corrected chi connectivity index (χ1v) is 3.90. The average Bonchev–Trinajstić information content (AvgIpc) is 2.05. The van der Waals surface area contributed by atoms with Crippen LogP contribution in [0.5, 0.6) is 0 Å². The normalized spacial score (nSPS) is 9.83. The molecular formula is C8H8ClNO2. The second-order valence-electron chi connectivity index (χ2n) is 2.32. The van der Waals surface area contributed by atoms with Gasteiger partial charge in [0.1, 0.15) is 5.69 Å². The van der Waals surface area contributed by atoms with Crippen LogP contribution in [0.3, 0.4) is 0 Å². The number of carboxylic acid groups (broad SMARTS) is 1. The van der Waals surface area contributed by atoms with E-state index in [2.05, 4.69) is 4.98 Å². The molecule has 64 valence electrons. The molecule has 12 heavy (non-hydrogen) atoms. The zero-order valence-electron chi connectivity index (χ0n) is 6.54. The van der Waals surface area contributed by atoms with Crippen LogP contribution in [0.15, 0.2) is 12.3 Å². The summed E-state index contributed by atoms with van der Waals surface area (Å²) in [6, 6.07) is 1.49. The van der Waals surface area contributed by atoms with E-state index < -0.39 is 5.97 Å². The smallest absolute Gasteiger partial charge is 0.354 e. The first-order valence-electron chi connectivity index (χ1n) is 3.53. The van der Waals surface area contributed by atoms with Crippen molar-refractivity contribution in [2.24, 2.45) is 0 Å². The fourth-order valence-electron chi connectivity index (χ4n) is 0.868. The van der Waals surface area contributed by atoms with Crippen LogP contribution >= 0.6 is 11.6 Å². The SMILES string of the molecule is CCc1cc(C(=O)O)ncc1Cl. The molecule has 1 aromatic rings. The Morgan fingerprint density at radius 3 is 2.92 bits per heavy atom. The molecule has 0 aliphatic rings. The van der Waals surface area contributed by atoms with Gasteiger partial charge in [-0.2, -0.15) is 0 Å². The monoisotopic (exact) mass is 185 g/mol. The lowest BCUT2D eigenvalue weighted by Crippen LogP contribution is -2.01. The van der Waals surface area contributed by atoms with Crippen molar-refractivity contribution < 1.29 is 9.90 Å². The molecule has 0 saturated carbocycles. The number of rotatable bonds is 2. The van der Waals surface area contributed by atoms with Gasteiger partial charge in [-0.05, 0) is 18.1 Å². The molecule has 3 nitrogen and oxygen atoms in total. The molecule has 0 saturated heterocycles. The van der Waals surface area contributed by atoms with Crippen LogP contribution < -0.4 is 0 Å². The molecule has 0 aromatic carbocycles. The summed E-state index contributed by atoms with van der Waals surface area (Å²) in [6.45, 7) is 1.91. The number of halogens is 1. The van der Waals surface area contributed by atoms with Gasteiger partial charge in [-0.15, -0.1) is 0 Å². The van der Waals surface area contributed by atoms with E-state index in [9.17, 15) is 4.79 Å². The van der Waals surface area contributed by atoms with E-state index >= 15 is 0 Å². The molecule has 1 heterocycles. The van der Waals surface area contributed by atoms with Crippen LogP contribution in [0, 0.1) is 0 Å². The van der Waals surface area contributed by atoms with E-state index in [1.165, 1.54) is 12.3 Å². The number of carboxylic acids is 1. The number of carbonyl (C=O) groups is 1. The van der Waals surface area contributed by atoms with Crippen LogP contribution in [-0.4, -0.2) is 16.1 Å². The van der Waals surface area contributed by atoms with Crippen molar-refractivity contribution in [3.63, 3.8) is 0 Å². The average molecular weight is 186 g/mol. The largest absolute Gasteiger partial charge is 0.477 e. The second-order valence-corrected chi connectivity index (χ2v) is 2.73. The second kappa shape index (κ2) is 3.54. The van der Waals surface area contributed by atoms with Crippen molar-refractivity contribution in [2.45, 2.75) is 13.3 Å². The summed E-state index contributed by atoms with van der Waals surface area (Å²) in [6.07, 6.45) is 2.07. The highest BCUT2D eigenvalue weighted by atomic mass is 35.5. The summed E-state index contributed by atoms with van der Waals surface area (Å²) < 4.78 is 0. The fraction of sp³-hybridized carbons (Fsp3) is 0.250. The van der Waals surface area contributed by atoms with Gasteiger partial charge >= 0.3 is 5.97 Å². The number of hydrogen-bond donors (Lipinski definition) is 1. The van der Waals surface area contributed by atoms with Gasteiger partial charge in [-0.1, -0.05) is 18.5 Å². The Hall–Kier alpha value is -1.09. The van der Waals surface area contributed by atoms with Gasteiger partial charge in [0.05, 0.1) is 5.02 Å². The highest BCUT2D eigenvalue weighted by Gasteiger charge is 2.06. The number of nitrogens with zero attached hydrogens (tertiary/aromatic N) is 1. The molecule has 1 aromatic heterocycles. The number of aryl methyl sites for hydroxylation is 1. The summed E-state index contributed by atoms with van der Waals surface area (Å²) >= 11 is 5.75. The minimum absolute atomic E-state index is 0.0382. The summed E-state index contributed by atoms with van der Waals surface area (Å²) in [5.74, 6) is -1.03. The topological polar surface area (TPSA) is 50.2 Å². The predicted octanol–water partition coefficient (Wildman–Crippen LogP) is 2.00. The summed E-state index contributed by atoms with van der Waals surface area (Å²) in [5, 5.41) is 9.11. The van der Waals surface area contributed by atoms with Gasteiger partial charge in [-0.25, -0.2) is 9.78 Å². The third kappa shape index (κ3) is 1.74. The zero-order valence-corrected chi connectivity index (χ0v) is 7.30. The van der Waals surface area contributed by atoms with E-state index in [1.54, 1.807) is 0 Å². The highest BCUT2D eigenvalue weighted by Crippen LogP contribution is 2.15. The van der Waals surface area contributed by atoms with E-state index in [1.807, 2.05) is 6.92 Å². The van der Waals surface area contributed by atoms with Crippen LogP contribution in [0.25, 0.3) is 0 Å². The van der Waals surface area contributed by atoms with Crippen molar-refractivity contribution >= 4 is 17.6 Å². The van der Waals surface area contributed by atoms with Crippen LogP contribution in [0.4, 0.5) is 0 Å². The van der Waals surface area contributed by atoms with E-state index in [4.69, 9.17) is 16.7 Å². The Kier molecular flexibility index (Phi) is 2.65. The van der Waals surface area contributed by atoms with Crippen molar-refractivity contribution in [3.05, 3.63) is 28.5 Å². The first kappa shape index (κ1) is 9.00. The maximum absolute atomic E-state index is 10.5. The molecular weight excluding hydrogens is 178 g/mol. The lowest BCUT2D eigenvalue weighted by atomic mass is 10.2. The third-order valence-electron chi connectivity index (χ3n) is 1.53. The molecule has 0 bridgehead atoms. The first-order chi connectivity index (χ1) is 5.65. The van der Waals surface area contributed by atoms with Gasteiger partial charge in [0, 0.05) is 6.20 Å². The Morgan fingerprint density at radius 1 is 1.75 bits per heavy atom. The maximum atomic E-state index is 10.5. The quantitative estimate of drug-likeness (QED) is 0.767. The van der Waals surface area contributed by atoms with Gasteiger partial charge < -0.3 is 5.11 Å². The third-order valence-corrected chi connectivity index (χ3v) is 1.88. The minimum Gasteiger partial charge on any atom is -0.477 e. The van der Waals surface area contributed by atoms with Crippen LogP contribution in [-0.2, 0) is 6.42 Å². The lowest BCUT2D eigenvalue weighted by Gasteiger charge is -2.00. The van der Waals surface area contributed by atoms with Gasteiger partial charge in [0.15, 0.2) is 0 Å². The number of aromatic nitrogens is 1. The summed E-state index contributed by atoms with van der Waals surface area (Å²) in [4.78, 5) is 14.1. The molecule has 0 aliphatic carbocycles. The molecule has 0 fully saturated rings. The van der Waals surface area contributed by atoms with Crippen LogP contribution in [0.2, 0.25) is 5.02 Å². The van der Waals surface area contributed by atoms with Gasteiger partial charge in [0.2, 0.25) is 0 Å². The molecule has 0 atom stereocenters.